The Hall–Kier alpha value is -1.35. The maximum Gasteiger partial charge on any atom is 0.217 e. The summed E-state index contributed by atoms with van der Waals surface area (Å²) in [6, 6.07) is 6.74. The predicted molar refractivity (Wildman–Crippen MR) is 118 cm³/mol. The number of hydrogen-bond donors (Lipinski definition) is 3. The van der Waals surface area contributed by atoms with Crippen LogP contribution in [0.25, 0.3) is 0 Å². The quantitative estimate of drug-likeness (QED) is 0.494. The molecule has 4 nitrogen and oxygen atoms in total. The minimum atomic E-state index is -0.914. The number of halogens is 3. The number of nitrogens with one attached hydrogen (secondary N) is 2. The molecule has 1 aliphatic carbocycles. The third kappa shape index (κ3) is 6.09. The zero-order chi connectivity index (χ0) is 21.7. The van der Waals surface area contributed by atoms with E-state index in [1.807, 2.05) is 6.07 Å². The third-order valence-electron chi connectivity index (χ3n) is 5.63. The van der Waals surface area contributed by atoms with Crippen molar-refractivity contribution in [1.29, 1.82) is 0 Å². The van der Waals surface area contributed by atoms with Crippen LogP contribution in [0.2, 0.25) is 0 Å². The summed E-state index contributed by atoms with van der Waals surface area (Å²) in [5.41, 5.74) is 0.182. The van der Waals surface area contributed by atoms with E-state index < -0.39 is 23.8 Å². The van der Waals surface area contributed by atoms with Crippen molar-refractivity contribution in [3.8, 4) is 0 Å². The average Bonchev–Trinajstić information content (AvgIpc) is 3.12. The molecule has 30 heavy (non-hydrogen) atoms. The summed E-state index contributed by atoms with van der Waals surface area (Å²) < 4.78 is 28.2. The molecule has 2 unspecified atom stereocenters. The summed E-state index contributed by atoms with van der Waals surface area (Å²) in [4.78, 5) is 12.9. The van der Waals surface area contributed by atoms with Crippen LogP contribution in [0.4, 0.5) is 8.78 Å². The second-order valence-corrected chi connectivity index (χ2v) is 10.4. The van der Waals surface area contributed by atoms with Gasteiger partial charge in [0.15, 0.2) is 0 Å². The van der Waals surface area contributed by atoms with Gasteiger partial charge >= 0.3 is 0 Å². The van der Waals surface area contributed by atoms with E-state index in [0.29, 0.717) is 5.56 Å². The van der Waals surface area contributed by atoms with E-state index in [1.165, 1.54) is 30.4 Å². The minimum absolute atomic E-state index is 0.134. The van der Waals surface area contributed by atoms with Crippen LogP contribution in [0.15, 0.2) is 34.1 Å². The lowest BCUT2D eigenvalue weighted by Crippen LogP contribution is -2.52. The van der Waals surface area contributed by atoms with Gasteiger partial charge < -0.3 is 15.7 Å². The summed E-state index contributed by atoms with van der Waals surface area (Å²) in [7, 11) is 0. The molecule has 2 aromatic rings. The number of rotatable bonds is 8. The first-order valence-electron chi connectivity index (χ1n) is 10.2. The molecule has 3 rings (SSSR count). The molecule has 1 saturated carbocycles. The molecule has 1 heterocycles. The highest BCUT2D eigenvalue weighted by atomic mass is 79.9. The second-order valence-electron chi connectivity index (χ2n) is 7.98. The van der Waals surface area contributed by atoms with Crippen molar-refractivity contribution in [2.75, 3.05) is 6.54 Å². The molecule has 0 aliphatic heterocycles. The van der Waals surface area contributed by atoms with Crippen LogP contribution in [0.1, 0.15) is 49.5 Å². The molecule has 1 aromatic carbocycles. The molecule has 1 amide bonds. The van der Waals surface area contributed by atoms with E-state index in [-0.39, 0.29) is 24.4 Å². The SMILES string of the molecule is CC(=O)NC(Cc1cc(F)cc(F)c1)C(O)CNC1(c2ccc(Br)s2)CCCCC1. The maximum atomic E-state index is 13.6. The number of aliphatic hydroxyl groups is 1. The monoisotopic (exact) mass is 500 g/mol. The fourth-order valence-corrected chi connectivity index (χ4v) is 5.82. The van der Waals surface area contributed by atoms with Crippen molar-refractivity contribution in [2.45, 2.75) is 63.1 Å². The number of carbonyl (C=O) groups excluding carboxylic acids is 1. The fraction of sp³-hybridized carbons (Fsp3) is 0.500. The number of benzene rings is 1. The van der Waals surface area contributed by atoms with Crippen LogP contribution in [0, 0.1) is 11.6 Å². The van der Waals surface area contributed by atoms with Crippen LogP contribution >= 0.6 is 27.3 Å². The number of carbonyl (C=O) groups is 1. The van der Waals surface area contributed by atoms with E-state index in [0.717, 1.165) is 35.5 Å². The van der Waals surface area contributed by atoms with Crippen LogP contribution in [-0.4, -0.2) is 29.7 Å². The lowest BCUT2D eigenvalue weighted by Gasteiger charge is -2.39. The lowest BCUT2D eigenvalue weighted by atomic mass is 9.80. The Morgan fingerprint density at radius 3 is 2.43 bits per heavy atom. The minimum Gasteiger partial charge on any atom is -0.390 e. The van der Waals surface area contributed by atoms with Crippen molar-refractivity contribution in [1.82, 2.24) is 10.6 Å². The molecule has 0 spiro atoms. The molecule has 0 radical (unpaired) electrons. The van der Waals surface area contributed by atoms with Gasteiger partial charge in [-0.05, 0) is 65.0 Å². The van der Waals surface area contributed by atoms with Crippen molar-refractivity contribution in [3.63, 3.8) is 0 Å². The Morgan fingerprint density at radius 2 is 1.87 bits per heavy atom. The number of thiophene rings is 1. The summed E-state index contributed by atoms with van der Waals surface area (Å²) in [6.07, 6.45) is 4.58. The zero-order valence-electron chi connectivity index (χ0n) is 16.9. The Balaban J connectivity index is 1.73. The molecule has 0 bridgehead atoms. The van der Waals surface area contributed by atoms with E-state index in [2.05, 4.69) is 32.6 Å². The van der Waals surface area contributed by atoms with E-state index in [4.69, 9.17) is 0 Å². The van der Waals surface area contributed by atoms with Crippen LogP contribution in [-0.2, 0) is 16.8 Å². The largest absolute Gasteiger partial charge is 0.390 e. The molecule has 1 fully saturated rings. The summed E-state index contributed by atoms with van der Waals surface area (Å²) >= 11 is 5.22. The Kier molecular flexibility index (Phi) is 8.01. The van der Waals surface area contributed by atoms with Gasteiger partial charge in [0.1, 0.15) is 11.6 Å². The van der Waals surface area contributed by atoms with Crippen LogP contribution < -0.4 is 10.6 Å². The van der Waals surface area contributed by atoms with Gasteiger partial charge in [-0.3, -0.25) is 4.79 Å². The van der Waals surface area contributed by atoms with Gasteiger partial charge in [-0.25, -0.2) is 8.78 Å². The first-order chi connectivity index (χ1) is 14.3. The van der Waals surface area contributed by atoms with Gasteiger partial charge in [0.2, 0.25) is 5.91 Å². The molecule has 3 N–H and O–H groups in total. The molecular weight excluding hydrogens is 474 g/mol. The van der Waals surface area contributed by atoms with Gasteiger partial charge in [0.05, 0.1) is 21.5 Å². The van der Waals surface area contributed by atoms with Gasteiger partial charge in [0, 0.05) is 24.4 Å². The second kappa shape index (κ2) is 10.3. The highest BCUT2D eigenvalue weighted by molar-refractivity contribution is 9.11. The molecule has 1 aromatic heterocycles. The molecule has 164 valence electrons. The number of aliphatic hydroxyl groups excluding tert-OH is 1. The van der Waals surface area contributed by atoms with Crippen molar-refractivity contribution in [2.24, 2.45) is 0 Å². The summed E-state index contributed by atoms with van der Waals surface area (Å²) in [5.74, 6) is -1.65. The summed E-state index contributed by atoms with van der Waals surface area (Å²) in [5, 5.41) is 17.2. The molecule has 2 atom stereocenters. The van der Waals surface area contributed by atoms with Gasteiger partial charge in [-0.15, -0.1) is 11.3 Å². The smallest absolute Gasteiger partial charge is 0.217 e. The lowest BCUT2D eigenvalue weighted by molar-refractivity contribution is -0.120. The Morgan fingerprint density at radius 1 is 1.20 bits per heavy atom. The Bertz CT molecular complexity index is 850. The summed E-state index contributed by atoms with van der Waals surface area (Å²) in [6.45, 7) is 1.63. The molecule has 1 aliphatic rings. The standard InChI is InChI=1S/C22H27BrF2N2O2S/c1-14(28)27-18(11-15-9-16(24)12-17(25)10-15)19(29)13-26-22(7-3-2-4-8-22)20-5-6-21(23)30-20/h5-6,9-10,12,18-19,26,29H,2-4,7-8,11,13H2,1H3,(H,27,28). The van der Waals surface area contributed by atoms with Crippen LogP contribution in [0.3, 0.4) is 0 Å². The molecule has 8 heteroatoms. The first-order valence-corrected chi connectivity index (χ1v) is 11.8. The third-order valence-corrected chi connectivity index (χ3v) is 7.46. The van der Waals surface area contributed by atoms with Gasteiger partial charge in [-0.2, -0.15) is 0 Å². The topological polar surface area (TPSA) is 61.4 Å². The van der Waals surface area contributed by atoms with Gasteiger partial charge in [0.25, 0.3) is 0 Å². The zero-order valence-corrected chi connectivity index (χ0v) is 19.3. The van der Waals surface area contributed by atoms with Crippen molar-refractivity contribution >= 4 is 33.2 Å². The number of hydrogen-bond acceptors (Lipinski definition) is 4. The normalized spacial score (nSPS) is 18.0. The maximum absolute atomic E-state index is 13.6. The molecule has 0 saturated heterocycles. The van der Waals surface area contributed by atoms with E-state index in [1.54, 1.807) is 11.3 Å². The number of amides is 1. The van der Waals surface area contributed by atoms with Crippen LogP contribution in [0.5, 0.6) is 0 Å². The van der Waals surface area contributed by atoms with E-state index >= 15 is 0 Å². The van der Waals surface area contributed by atoms with Crippen molar-refractivity contribution < 1.29 is 18.7 Å². The highest BCUT2D eigenvalue weighted by Crippen LogP contribution is 2.41. The average molecular weight is 501 g/mol. The van der Waals surface area contributed by atoms with E-state index in [9.17, 15) is 18.7 Å². The highest BCUT2D eigenvalue weighted by Gasteiger charge is 2.36. The molecular formula is C22H27BrF2N2O2S. The van der Waals surface area contributed by atoms with Crippen molar-refractivity contribution in [3.05, 3.63) is 56.2 Å². The van der Waals surface area contributed by atoms with Gasteiger partial charge in [-0.1, -0.05) is 19.3 Å². The first kappa shape index (κ1) is 23.3. The Labute approximate surface area is 188 Å². The fourth-order valence-electron chi connectivity index (χ4n) is 4.21. The predicted octanol–water partition coefficient (Wildman–Crippen LogP) is 4.65.